The molecule has 3 aromatic rings. The van der Waals surface area contributed by atoms with E-state index in [0.29, 0.717) is 12.5 Å². The molecule has 1 aromatic heterocycles. The smallest absolute Gasteiger partial charge is 0.240 e. The van der Waals surface area contributed by atoms with Crippen LogP contribution in [0.15, 0.2) is 67.0 Å². The SMILES string of the molecule is Nc1ccc(-c2nccnc2OCCc2ccccc2)cc1. The second kappa shape index (κ2) is 6.72. The predicted octanol–water partition coefficient (Wildman–Crippen LogP) is 3.35. The van der Waals surface area contributed by atoms with E-state index in [0.717, 1.165) is 23.4 Å². The number of aromatic nitrogens is 2. The van der Waals surface area contributed by atoms with Crippen molar-refractivity contribution in [3.8, 4) is 17.1 Å². The van der Waals surface area contributed by atoms with Crippen LogP contribution >= 0.6 is 0 Å². The molecule has 0 saturated heterocycles. The number of nitrogens with zero attached hydrogens (tertiary/aromatic N) is 2. The van der Waals surface area contributed by atoms with E-state index in [-0.39, 0.29) is 0 Å². The molecular weight excluding hydrogens is 274 g/mol. The van der Waals surface area contributed by atoms with Gasteiger partial charge in [-0.05, 0) is 17.7 Å². The van der Waals surface area contributed by atoms with E-state index in [1.807, 2.05) is 42.5 Å². The summed E-state index contributed by atoms with van der Waals surface area (Å²) < 4.78 is 5.82. The molecule has 0 aliphatic heterocycles. The van der Waals surface area contributed by atoms with Gasteiger partial charge in [0.25, 0.3) is 0 Å². The molecule has 110 valence electrons. The van der Waals surface area contributed by atoms with Crippen LogP contribution in [0.25, 0.3) is 11.3 Å². The number of ether oxygens (including phenoxy) is 1. The monoisotopic (exact) mass is 291 g/mol. The third kappa shape index (κ3) is 3.41. The molecule has 2 aromatic carbocycles. The number of nitrogen functional groups attached to an aromatic ring is 1. The normalized spacial score (nSPS) is 10.4. The first-order chi connectivity index (χ1) is 10.8. The topological polar surface area (TPSA) is 61.0 Å². The van der Waals surface area contributed by atoms with Crippen molar-refractivity contribution < 1.29 is 4.74 Å². The van der Waals surface area contributed by atoms with Crippen LogP contribution in [-0.2, 0) is 6.42 Å². The highest BCUT2D eigenvalue weighted by Crippen LogP contribution is 2.26. The van der Waals surface area contributed by atoms with Crippen molar-refractivity contribution in [2.24, 2.45) is 0 Å². The molecular formula is C18H17N3O. The standard InChI is InChI=1S/C18H17N3O/c19-16-8-6-15(7-9-16)17-18(21-12-11-20-17)22-13-10-14-4-2-1-3-5-14/h1-9,11-12H,10,13,19H2. The lowest BCUT2D eigenvalue weighted by atomic mass is 10.1. The summed E-state index contributed by atoms with van der Waals surface area (Å²) >= 11 is 0. The Balaban J connectivity index is 1.73. The third-order valence-electron chi connectivity index (χ3n) is 3.32. The van der Waals surface area contributed by atoms with Gasteiger partial charge >= 0.3 is 0 Å². The van der Waals surface area contributed by atoms with E-state index in [4.69, 9.17) is 10.5 Å². The maximum absolute atomic E-state index is 5.82. The van der Waals surface area contributed by atoms with Crippen molar-refractivity contribution in [2.75, 3.05) is 12.3 Å². The molecule has 0 radical (unpaired) electrons. The van der Waals surface area contributed by atoms with Crippen molar-refractivity contribution in [1.29, 1.82) is 0 Å². The number of benzene rings is 2. The Bertz CT molecular complexity index is 727. The molecule has 0 spiro atoms. The zero-order chi connectivity index (χ0) is 15.2. The van der Waals surface area contributed by atoms with Crippen molar-refractivity contribution in [2.45, 2.75) is 6.42 Å². The van der Waals surface area contributed by atoms with Crippen molar-refractivity contribution >= 4 is 5.69 Å². The second-order valence-electron chi connectivity index (χ2n) is 4.92. The number of nitrogens with two attached hydrogens (primary N) is 1. The number of hydrogen-bond acceptors (Lipinski definition) is 4. The van der Waals surface area contributed by atoms with Gasteiger partial charge in [-0.3, -0.25) is 0 Å². The summed E-state index contributed by atoms with van der Waals surface area (Å²) in [5.41, 5.74) is 9.35. The molecule has 0 bridgehead atoms. The lowest BCUT2D eigenvalue weighted by molar-refractivity contribution is 0.309. The molecule has 4 nitrogen and oxygen atoms in total. The molecule has 0 unspecified atom stereocenters. The molecule has 3 rings (SSSR count). The summed E-state index contributed by atoms with van der Waals surface area (Å²) in [6.07, 6.45) is 4.13. The van der Waals surface area contributed by atoms with Gasteiger partial charge in [0.1, 0.15) is 5.69 Å². The summed E-state index contributed by atoms with van der Waals surface area (Å²) in [6, 6.07) is 17.8. The van der Waals surface area contributed by atoms with E-state index >= 15 is 0 Å². The Labute approximate surface area is 129 Å². The summed E-state index contributed by atoms with van der Waals surface area (Å²) in [5, 5.41) is 0. The van der Waals surface area contributed by atoms with Crippen LogP contribution in [0.3, 0.4) is 0 Å². The summed E-state index contributed by atoms with van der Waals surface area (Å²) in [5.74, 6) is 0.545. The van der Waals surface area contributed by atoms with Crippen LogP contribution in [0.5, 0.6) is 5.88 Å². The van der Waals surface area contributed by atoms with Gasteiger partial charge in [0.05, 0.1) is 6.61 Å². The minimum atomic E-state index is 0.545. The number of hydrogen-bond donors (Lipinski definition) is 1. The number of anilines is 1. The molecule has 22 heavy (non-hydrogen) atoms. The van der Waals surface area contributed by atoms with Crippen molar-refractivity contribution in [1.82, 2.24) is 9.97 Å². The molecule has 0 aliphatic carbocycles. The lowest BCUT2D eigenvalue weighted by Crippen LogP contribution is -2.04. The Hall–Kier alpha value is -2.88. The first kappa shape index (κ1) is 14.1. The average Bonchev–Trinajstić information content (AvgIpc) is 2.57. The van der Waals surface area contributed by atoms with Crippen LogP contribution in [0, 0.1) is 0 Å². The van der Waals surface area contributed by atoms with Gasteiger partial charge in [-0.25, -0.2) is 9.97 Å². The Morgan fingerprint density at radius 2 is 1.59 bits per heavy atom. The Kier molecular flexibility index (Phi) is 4.30. The van der Waals surface area contributed by atoms with E-state index in [1.54, 1.807) is 12.4 Å². The molecule has 2 N–H and O–H groups in total. The minimum absolute atomic E-state index is 0.545. The minimum Gasteiger partial charge on any atom is -0.476 e. The lowest BCUT2D eigenvalue weighted by Gasteiger charge is -2.09. The summed E-state index contributed by atoms with van der Waals surface area (Å²) in [4.78, 5) is 8.67. The first-order valence-electron chi connectivity index (χ1n) is 7.16. The largest absolute Gasteiger partial charge is 0.476 e. The highest BCUT2D eigenvalue weighted by atomic mass is 16.5. The van der Waals surface area contributed by atoms with E-state index in [9.17, 15) is 0 Å². The van der Waals surface area contributed by atoms with Gasteiger partial charge in [-0.1, -0.05) is 42.5 Å². The average molecular weight is 291 g/mol. The molecule has 0 fully saturated rings. The van der Waals surface area contributed by atoms with E-state index in [1.165, 1.54) is 5.56 Å². The van der Waals surface area contributed by atoms with Gasteiger partial charge < -0.3 is 10.5 Å². The zero-order valence-corrected chi connectivity index (χ0v) is 12.1. The van der Waals surface area contributed by atoms with Gasteiger partial charge in [0, 0.05) is 30.1 Å². The molecule has 0 saturated carbocycles. The Morgan fingerprint density at radius 1 is 0.864 bits per heavy atom. The maximum atomic E-state index is 5.82. The fourth-order valence-corrected chi connectivity index (χ4v) is 2.18. The van der Waals surface area contributed by atoms with Gasteiger partial charge in [0.15, 0.2) is 0 Å². The zero-order valence-electron chi connectivity index (χ0n) is 12.1. The first-order valence-corrected chi connectivity index (χ1v) is 7.16. The van der Waals surface area contributed by atoms with Crippen LogP contribution in [-0.4, -0.2) is 16.6 Å². The summed E-state index contributed by atoms with van der Waals surface area (Å²) in [6.45, 7) is 0.560. The third-order valence-corrected chi connectivity index (χ3v) is 3.32. The second-order valence-corrected chi connectivity index (χ2v) is 4.92. The molecule has 1 heterocycles. The van der Waals surface area contributed by atoms with Gasteiger partial charge in [-0.15, -0.1) is 0 Å². The van der Waals surface area contributed by atoms with Crippen LogP contribution in [0.4, 0.5) is 5.69 Å². The maximum Gasteiger partial charge on any atom is 0.240 e. The molecule has 4 heteroatoms. The molecule has 0 aliphatic rings. The van der Waals surface area contributed by atoms with Crippen LogP contribution < -0.4 is 10.5 Å². The van der Waals surface area contributed by atoms with E-state index in [2.05, 4.69) is 22.1 Å². The quantitative estimate of drug-likeness (QED) is 0.732. The fraction of sp³-hybridized carbons (Fsp3) is 0.111. The number of rotatable bonds is 5. The highest BCUT2D eigenvalue weighted by molar-refractivity contribution is 5.65. The molecule has 0 amide bonds. The fourth-order valence-electron chi connectivity index (χ4n) is 2.18. The predicted molar refractivity (Wildman–Crippen MR) is 87.5 cm³/mol. The Morgan fingerprint density at radius 3 is 2.36 bits per heavy atom. The van der Waals surface area contributed by atoms with Crippen LogP contribution in [0.2, 0.25) is 0 Å². The van der Waals surface area contributed by atoms with E-state index < -0.39 is 0 Å². The molecule has 0 atom stereocenters. The van der Waals surface area contributed by atoms with Crippen molar-refractivity contribution in [3.63, 3.8) is 0 Å². The summed E-state index contributed by atoms with van der Waals surface area (Å²) in [7, 11) is 0. The van der Waals surface area contributed by atoms with Crippen LogP contribution in [0.1, 0.15) is 5.56 Å². The van der Waals surface area contributed by atoms with Gasteiger partial charge in [0.2, 0.25) is 5.88 Å². The van der Waals surface area contributed by atoms with Crippen molar-refractivity contribution in [3.05, 3.63) is 72.6 Å². The highest BCUT2D eigenvalue weighted by Gasteiger charge is 2.09. The van der Waals surface area contributed by atoms with Gasteiger partial charge in [-0.2, -0.15) is 0 Å².